The first-order valence-corrected chi connectivity index (χ1v) is 15.1. The van der Waals surface area contributed by atoms with Crippen LogP contribution >= 0.6 is 0 Å². The molecule has 226 valence electrons. The lowest BCUT2D eigenvalue weighted by Gasteiger charge is -2.26. The van der Waals surface area contributed by atoms with Gasteiger partial charge in [-0.15, -0.1) is 18.6 Å². The molecule has 41 heavy (non-hydrogen) atoms. The van der Waals surface area contributed by atoms with Crippen LogP contribution in [0.4, 0.5) is 4.39 Å². The number of terminal acetylenes is 1. The lowest BCUT2D eigenvalue weighted by atomic mass is 9.93. The van der Waals surface area contributed by atoms with Crippen LogP contribution in [0.2, 0.25) is 0 Å². The van der Waals surface area contributed by atoms with E-state index in [1.807, 2.05) is 65.8 Å². The van der Waals surface area contributed by atoms with Crippen molar-refractivity contribution < 1.29 is 4.39 Å². The van der Waals surface area contributed by atoms with E-state index in [0.29, 0.717) is 17.9 Å². The van der Waals surface area contributed by atoms with Gasteiger partial charge in [0.25, 0.3) is 0 Å². The molecule has 2 atom stereocenters. The van der Waals surface area contributed by atoms with Gasteiger partial charge in [0.15, 0.2) is 0 Å². The average Bonchev–Trinajstić information content (AvgIpc) is 3.01. The topological polar surface area (TPSA) is 12.0 Å². The second-order valence-electron chi connectivity index (χ2n) is 9.13. The molecule has 0 saturated carbocycles. The van der Waals surface area contributed by atoms with Crippen LogP contribution in [0.1, 0.15) is 105 Å². The van der Waals surface area contributed by atoms with Crippen molar-refractivity contribution in [3.05, 3.63) is 119 Å². The Labute approximate surface area is 254 Å². The molecule has 0 fully saturated rings. The van der Waals surface area contributed by atoms with Gasteiger partial charge >= 0.3 is 0 Å². The molecule has 0 bridgehead atoms. The Kier molecular flexibility index (Phi) is 28.7. The molecule has 2 unspecified atom stereocenters. The molecule has 2 aromatic rings. The van der Waals surface area contributed by atoms with E-state index in [1.165, 1.54) is 40.1 Å². The quantitative estimate of drug-likeness (QED) is 0.202. The van der Waals surface area contributed by atoms with E-state index in [2.05, 4.69) is 108 Å². The first-order chi connectivity index (χ1) is 19.8. The molecule has 2 heteroatoms. The molecule has 0 heterocycles. The number of rotatable bonds is 7. The van der Waals surface area contributed by atoms with Crippen LogP contribution in [0.3, 0.4) is 0 Å². The zero-order valence-corrected chi connectivity index (χ0v) is 27.9. The van der Waals surface area contributed by atoms with Crippen molar-refractivity contribution in [3.63, 3.8) is 0 Å². The van der Waals surface area contributed by atoms with Gasteiger partial charge in [-0.2, -0.15) is 0 Å². The van der Waals surface area contributed by atoms with Gasteiger partial charge in [0, 0.05) is 11.7 Å². The van der Waals surface area contributed by atoms with Gasteiger partial charge in [0.1, 0.15) is 5.82 Å². The van der Waals surface area contributed by atoms with Gasteiger partial charge in [-0.3, -0.25) is 0 Å². The molecule has 0 spiro atoms. The summed E-state index contributed by atoms with van der Waals surface area (Å²) in [5, 5.41) is 3.70. The summed E-state index contributed by atoms with van der Waals surface area (Å²) in [6.07, 6.45) is 20.5. The summed E-state index contributed by atoms with van der Waals surface area (Å²) in [5.74, 6) is 1.05. The molecular formula is C39H58FN. The van der Waals surface area contributed by atoms with Gasteiger partial charge in [-0.25, -0.2) is 4.39 Å². The number of hydrogen-bond acceptors (Lipinski definition) is 1. The maximum absolute atomic E-state index is 12.4. The fraction of sp³-hybridized carbons (Fsp3) is 0.410. The zero-order chi connectivity index (χ0) is 32.2. The Balaban J connectivity index is -0.000000638. The predicted molar refractivity (Wildman–Crippen MR) is 185 cm³/mol. The highest BCUT2D eigenvalue weighted by Gasteiger charge is 2.16. The maximum atomic E-state index is 12.4. The zero-order valence-electron chi connectivity index (χ0n) is 27.9. The molecule has 1 aliphatic carbocycles. The van der Waals surface area contributed by atoms with E-state index < -0.39 is 0 Å². The highest BCUT2D eigenvalue weighted by molar-refractivity contribution is 5.52. The third kappa shape index (κ3) is 19.2. The second-order valence-corrected chi connectivity index (χ2v) is 9.13. The van der Waals surface area contributed by atoms with Crippen LogP contribution in [0.15, 0.2) is 96.4 Å². The van der Waals surface area contributed by atoms with Crippen molar-refractivity contribution in [2.24, 2.45) is 11.8 Å². The second kappa shape index (κ2) is 28.0. The van der Waals surface area contributed by atoms with Gasteiger partial charge in [0.05, 0.1) is 0 Å². The summed E-state index contributed by atoms with van der Waals surface area (Å²) in [7, 11) is 0. The van der Waals surface area contributed by atoms with E-state index >= 15 is 0 Å². The summed E-state index contributed by atoms with van der Waals surface area (Å²) in [4.78, 5) is 0. The Bertz CT molecular complexity index is 1060. The highest BCUT2D eigenvalue weighted by atomic mass is 19.1. The summed E-state index contributed by atoms with van der Waals surface area (Å²) in [6.45, 7) is 26.6. The highest BCUT2D eigenvalue weighted by Crippen LogP contribution is 2.26. The molecule has 2 aromatic carbocycles. The van der Waals surface area contributed by atoms with Gasteiger partial charge in [0.2, 0.25) is 0 Å². The Morgan fingerprint density at radius 1 is 1.00 bits per heavy atom. The minimum Gasteiger partial charge on any atom is -0.381 e. The molecule has 0 radical (unpaired) electrons. The van der Waals surface area contributed by atoms with Crippen molar-refractivity contribution >= 4 is 6.08 Å². The standard InChI is InChI=1S/C21H25N.C10H13F.3C2H6.C2H2/c1-5-6-7-12-19-13-9-14-20(15-19)18(4)22-21-16(2)10-8-11-17(21)3;1-8(2)7-9-3-5-10(11)6-4-9;4*1-2/h6-10,12-15,17-18,22H,1,11H2,2-4H3;3-6,8H,7H2,1-2H3;3*1-2H3;1-2H/b12-7+;;;;;. The lowest BCUT2D eigenvalue weighted by Crippen LogP contribution is -2.24. The van der Waals surface area contributed by atoms with Crippen LogP contribution in [-0.2, 0) is 6.42 Å². The van der Waals surface area contributed by atoms with Crippen LogP contribution < -0.4 is 5.32 Å². The van der Waals surface area contributed by atoms with Gasteiger partial charge < -0.3 is 5.32 Å². The molecule has 1 nitrogen and oxygen atoms in total. The fourth-order valence-corrected chi connectivity index (χ4v) is 3.87. The molecule has 0 aromatic heterocycles. The van der Waals surface area contributed by atoms with E-state index in [1.54, 1.807) is 0 Å². The van der Waals surface area contributed by atoms with E-state index in [0.717, 1.165) is 12.8 Å². The van der Waals surface area contributed by atoms with Gasteiger partial charge in [-0.1, -0.05) is 124 Å². The van der Waals surface area contributed by atoms with E-state index in [-0.39, 0.29) is 5.82 Å². The Morgan fingerprint density at radius 3 is 2.10 bits per heavy atom. The van der Waals surface area contributed by atoms with E-state index in [9.17, 15) is 4.39 Å². The largest absolute Gasteiger partial charge is 0.381 e. The molecule has 0 saturated heterocycles. The number of halogens is 1. The summed E-state index contributed by atoms with van der Waals surface area (Å²) < 4.78 is 12.4. The van der Waals surface area contributed by atoms with Crippen molar-refractivity contribution in [3.8, 4) is 12.8 Å². The predicted octanol–water partition coefficient (Wildman–Crippen LogP) is 11.9. The number of hydrogen-bond donors (Lipinski definition) is 1. The van der Waals surface area contributed by atoms with Crippen LogP contribution in [0.5, 0.6) is 0 Å². The Hall–Kier alpha value is -3.53. The molecule has 1 aliphatic rings. The van der Waals surface area contributed by atoms with Crippen molar-refractivity contribution in [2.75, 3.05) is 0 Å². The molecule has 0 amide bonds. The maximum Gasteiger partial charge on any atom is 0.123 e. The Morgan fingerprint density at radius 2 is 1.59 bits per heavy atom. The summed E-state index contributed by atoms with van der Waals surface area (Å²) in [5.41, 5.74) is 9.17. The number of benzene rings is 2. The molecule has 1 N–H and O–H groups in total. The molecular weight excluding hydrogens is 501 g/mol. The lowest BCUT2D eigenvalue weighted by molar-refractivity contribution is 0.544. The molecule has 0 aliphatic heterocycles. The van der Waals surface area contributed by atoms with Gasteiger partial charge in [-0.05, 0) is 85.1 Å². The third-order valence-electron chi connectivity index (χ3n) is 5.62. The number of nitrogens with one attached hydrogen (secondary N) is 1. The number of allylic oxidation sites excluding steroid dienone is 6. The van der Waals surface area contributed by atoms with Crippen molar-refractivity contribution in [2.45, 2.75) is 95.0 Å². The minimum atomic E-state index is -0.155. The molecule has 3 rings (SSSR count). The third-order valence-corrected chi connectivity index (χ3v) is 5.62. The first kappa shape index (κ1) is 41.9. The SMILES string of the molecule is C#C.C=C=C/C=C/c1cccc(C(C)NC2=C(C)C=CCC2C)c1.CC.CC.CC.CC(C)Cc1ccc(F)cc1. The summed E-state index contributed by atoms with van der Waals surface area (Å²) in [6, 6.07) is 15.6. The fourth-order valence-electron chi connectivity index (χ4n) is 3.87. The summed E-state index contributed by atoms with van der Waals surface area (Å²) >= 11 is 0. The van der Waals surface area contributed by atoms with Crippen LogP contribution in [0.25, 0.3) is 6.08 Å². The monoisotopic (exact) mass is 559 g/mol. The minimum absolute atomic E-state index is 0.155. The van der Waals surface area contributed by atoms with Crippen LogP contribution in [-0.4, -0.2) is 0 Å². The normalized spacial score (nSPS) is 13.6. The van der Waals surface area contributed by atoms with Crippen molar-refractivity contribution in [1.82, 2.24) is 5.32 Å². The smallest absolute Gasteiger partial charge is 0.123 e. The van der Waals surface area contributed by atoms with Crippen LogP contribution in [0, 0.1) is 30.5 Å². The average molecular weight is 560 g/mol. The van der Waals surface area contributed by atoms with E-state index in [4.69, 9.17) is 0 Å². The first-order valence-electron chi connectivity index (χ1n) is 15.1. The van der Waals surface area contributed by atoms with Crippen molar-refractivity contribution in [1.29, 1.82) is 0 Å².